The van der Waals surface area contributed by atoms with Crippen LogP contribution >= 0.6 is 0 Å². The van der Waals surface area contributed by atoms with Gasteiger partial charge >= 0.3 is 0 Å². The van der Waals surface area contributed by atoms with Crippen LogP contribution in [-0.4, -0.2) is 14.9 Å². The molecule has 1 heterocycles. The van der Waals surface area contributed by atoms with Gasteiger partial charge in [0, 0.05) is 6.07 Å². The Kier molecular flexibility index (Phi) is 4.11. The van der Waals surface area contributed by atoms with E-state index in [4.69, 9.17) is 4.74 Å². The van der Waals surface area contributed by atoms with E-state index in [1.165, 1.54) is 12.1 Å². The molecule has 110 valence electrons. The largest absolute Gasteiger partial charge is 0.484 e. The molecule has 0 amide bonds. The maximum Gasteiger partial charge on any atom is 0.272 e. The lowest BCUT2D eigenvalue weighted by Gasteiger charge is -2.10. The molecular weight excluding hydrogens is 277 g/mol. The van der Waals surface area contributed by atoms with Crippen LogP contribution in [0.3, 0.4) is 0 Å². The molecule has 0 unspecified atom stereocenters. The number of aromatic nitrogens is 2. The monoisotopic (exact) mass is 291 g/mol. The van der Waals surface area contributed by atoms with Gasteiger partial charge in [-0.05, 0) is 26.8 Å². The molecule has 0 saturated carbocycles. The average Bonchev–Trinajstić information content (AvgIpc) is 2.42. The first kappa shape index (κ1) is 14.8. The lowest BCUT2D eigenvalue weighted by molar-refractivity contribution is -0.385. The molecule has 0 spiro atoms. The second kappa shape index (κ2) is 5.82. The number of hydrogen-bond donors (Lipinski definition) is 0. The Hall–Kier alpha value is -2.57. The number of hydrogen-bond acceptors (Lipinski definition) is 5. The van der Waals surface area contributed by atoms with Crippen LogP contribution in [0.25, 0.3) is 0 Å². The highest BCUT2D eigenvalue weighted by atomic mass is 19.1. The van der Waals surface area contributed by atoms with E-state index in [2.05, 4.69) is 9.97 Å². The van der Waals surface area contributed by atoms with E-state index in [0.29, 0.717) is 11.4 Å². The van der Waals surface area contributed by atoms with Gasteiger partial charge in [-0.2, -0.15) is 0 Å². The molecule has 0 bridgehead atoms. The van der Waals surface area contributed by atoms with Gasteiger partial charge in [0.15, 0.2) is 11.6 Å². The third kappa shape index (κ3) is 3.31. The highest BCUT2D eigenvalue weighted by Gasteiger charge is 2.13. The number of nitro benzene ring substituents is 1. The first-order chi connectivity index (χ1) is 9.88. The van der Waals surface area contributed by atoms with E-state index in [0.717, 1.165) is 17.5 Å². The van der Waals surface area contributed by atoms with Crippen molar-refractivity contribution in [2.45, 2.75) is 27.4 Å². The second-order valence-electron chi connectivity index (χ2n) is 4.59. The van der Waals surface area contributed by atoms with Crippen LogP contribution in [0.5, 0.6) is 5.75 Å². The number of nitro groups is 1. The maximum absolute atomic E-state index is 13.7. The van der Waals surface area contributed by atoms with E-state index >= 15 is 0 Å². The van der Waals surface area contributed by atoms with Crippen molar-refractivity contribution in [3.8, 4) is 5.75 Å². The SMILES string of the molecule is Cc1nc(C)c(COc2ccc([N+](=O)[O-])cc2F)nc1C. The van der Waals surface area contributed by atoms with Gasteiger partial charge in [-0.3, -0.25) is 20.1 Å². The van der Waals surface area contributed by atoms with Gasteiger partial charge in [0.05, 0.1) is 33.8 Å². The molecule has 1 aromatic carbocycles. The normalized spacial score (nSPS) is 10.5. The van der Waals surface area contributed by atoms with Crippen molar-refractivity contribution < 1.29 is 14.1 Å². The lowest BCUT2D eigenvalue weighted by Crippen LogP contribution is -2.07. The molecule has 21 heavy (non-hydrogen) atoms. The van der Waals surface area contributed by atoms with Gasteiger partial charge < -0.3 is 4.74 Å². The fourth-order valence-corrected chi connectivity index (χ4v) is 1.76. The molecule has 2 rings (SSSR count). The van der Waals surface area contributed by atoms with Crippen molar-refractivity contribution >= 4 is 5.69 Å². The summed E-state index contributed by atoms with van der Waals surface area (Å²) >= 11 is 0. The lowest BCUT2D eigenvalue weighted by atomic mass is 10.2. The Labute approximate surface area is 120 Å². The fraction of sp³-hybridized carbons (Fsp3) is 0.286. The van der Waals surface area contributed by atoms with Crippen LogP contribution in [-0.2, 0) is 6.61 Å². The number of halogens is 1. The standard InChI is InChI=1S/C14H14FN3O3/c1-8-9(2)17-13(10(3)16-8)7-21-14-5-4-11(18(19)20)6-12(14)15/h4-6H,7H2,1-3H3. The van der Waals surface area contributed by atoms with Gasteiger partial charge in [-0.1, -0.05) is 0 Å². The molecule has 0 aliphatic rings. The van der Waals surface area contributed by atoms with Crippen molar-refractivity contribution in [3.63, 3.8) is 0 Å². The van der Waals surface area contributed by atoms with Gasteiger partial charge in [-0.15, -0.1) is 0 Å². The smallest absolute Gasteiger partial charge is 0.272 e. The number of non-ortho nitro benzene ring substituents is 1. The van der Waals surface area contributed by atoms with Crippen LogP contribution in [0.2, 0.25) is 0 Å². The summed E-state index contributed by atoms with van der Waals surface area (Å²) in [5.41, 5.74) is 2.61. The zero-order chi connectivity index (χ0) is 15.6. The number of aryl methyl sites for hydroxylation is 3. The van der Waals surface area contributed by atoms with E-state index in [-0.39, 0.29) is 18.0 Å². The van der Waals surface area contributed by atoms with Crippen molar-refractivity contribution in [2.24, 2.45) is 0 Å². The number of ether oxygens (including phenoxy) is 1. The zero-order valence-corrected chi connectivity index (χ0v) is 11.9. The summed E-state index contributed by atoms with van der Waals surface area (Å²) < 4.78 is 19.0. The topological polar surface area (TPSA) is 78.2 Å². The molecule has 0 fully saturated rings. The third-order valence-electron chi connectivity index (χ3n) is 3.07. The van der Waals surface area contributed by atoms with Gasteiger partial charge in [0.25, 0.3) is 5.69 Å². The minimum Gasteiger partial charge on any atom is -0.484 e. The Morgan fingerprint density at radius 1 is 1.19 bits per heavy atom. The molecule has 0 atom stereocenters. The van der Waals surface area contributed by atoms with E-state index in [1.54, 1.807) is 6.92 Å². The average molecular weight is 291 g/mol. The van der Waals surface area contributed by atoms with Crippen LogP contribution < -0.4 is 4.74 Å². The Balaban J connectivity index is 2.17. The molecule has 0 aliphatic carbocycles. The van der Waals surface area contributed by atoms with Gasteiger partial charge in [-0.25, -0.2) is 4.39 Å². The summed E-state index contributed by atoms with van der Waals surface area (Å²) in [6.07, 6.45) is 0. The quantitative estimate of drug-likeness (QED) is 0.639. The summed E-state index contributed by atoms with van der Waals surface area (Å²) in [6.45, 7) is 5.53. The first-order valence-corrected chi connectivity index (χ1v) is 6.26. The molecule has 0 N–H and O–H groups in total. The van der Waals surface area contributed by atoms with Gasteiger partial charge in [0.2, 0.25) is 0 Å². The van der Waals surface area contributed by atoms with Crippen molar-refractivity contribution in [2.75, 3.05) is 0 Å². The van der Waals surface area contributed by atoms with Crippen molar-refractivity contribution in [3.05, 3.63) is 56.9 Å². The minimum atomic E-state index is -0.779. The molecule has 7 heteroatoms. The predicted octanol–water partition coefficient (Wildman–Crippen LogP) is 3.03. The van der Waals surface area contributed by atoms with Crippen molar-refractivity contribution in [1.82, 2.24) is 9.97 Å². The summed E-state index contributed by atoms with van der Waals surface area (Å²) in [7, 11) is 0. The van der Waals surface area contributed by atoms with Crippen LogP contribution in [0.1, 0.15) is 22.8 Å². The van der Waals surface area contributed by atoms with Gasteiger partial charge in [0.1, 0.15) is 6.61 Å². The fourth-order valence-electron chi connectivity index (χ4n) is 1.76. The molecule has 0 radical (unpaired) electrons. The molecule has 1 aromatic heterocycles. The number of rotatable bonds is 4. The molecule has 0 aliphatic heterocycles. The summed E-state index contributed by atoms with van der Waals surface area (Å²) in [5, 5.41) is 10.5. The molecule has 0 saturated heterocycles. The zero-order valence-electron chi connectivity index (χ0n) is 11.9. The first-order valence-electron chi connectivity index (χ1n) is 6.26. The second-order valence-corrected chi connectivity index (χ2v) is 4.59. The van der Waals surface area contributed by atoms with Crippen LogP contribution in [0, 0.1) is 36.7 Å². The Morgan fingerprint density at radius 3 is 2.48 bits per heavy atom. The van der Waals surface area contributed by atoms with E-state index < -0.39 is 10.7 Å². The van der Waals surface area contributed by atoms with Crippen LogP contribution in [0.4, 0.5) is 10.1 Å². The molecule has 6 nitrogen and oxygen atoms in total. The third-order valence-corrected chi connectivity index (χ3v) is 3.07. The number of nitrogens with zero attached hydrogens (tertiary/aromatic N) is 3. The highest BCUT2D eigenvalue weighted by Crippen LogP contribution is 2.23. The highest BCUT2D eigenvalue weighted by molar-refractivity contribution is 5.37. The number of benzene rings is 1. The van der Waals surface area contributed by atoms with Crippen molar-refractivity contribution in [1.29, 1.82) is 0 Å². The van der Waals surface area contributed by atoms with E-state index in [9.17, 15) is 14.5 Å². The van der Waals surface area contributed by atoms with E-state index in [1.807, 2.05) is 13.8 Å². The van der Waals surface area contributed by atoms with Crippen LogP contribution in [0.15, 0.2) is 18.2 Å². The summed E-state index contributed by atoms with van der Waals surface area (Å²) in [4.78, 5) is 18.5. The predicted molar refractivity (Wildman–Crippen MR) is 73.6 cm³/mol. The molecular formula is C14H14FN3O3. The Bertz CT molecular complexity index is 704. The summed E-state index contributed by atoms with van der Waals surface area (Å²) in [6, 6.07) is 3.25. The maximum atomic E-state index is 13.7. The summed E-state index contributed by atoms with van der Waals surface area (Å²) in [5.74, 6) is -0.835. The molecule has 2 aromatic rings. The Morgan fingerprint density at radius 2 is 1.86 bits per heavy atom. The minimum absolute atomic E-state index is 0.0503.